The fourth-order valence-corrected chi connectivity index (χ4v) is 2.39. The lowest BCUT2D eigenvalue weighted by Crippen LogP contribution is -2.34. The van der Waals surface area contributed by atoms with Crippen molar-refractivity contribution in [2.45, 2.75) is 25.4 Å². The van der Waals surface area contributed by atoms with Crippen LogP contribution in [0.25, 0.3) is 10.8 Å². The van der Waals surface area contributed by atoms with Crippen molar-refractivity contribution in [2.24, 2.45) is 5.73 Å². The molecular formula is C15H19NO. The fraction of sp³-hybridized carbons (Fsp3) is 0.333. The van der Waals surface area contributed by atoms with E-state index in [1.54, 1.807) is 0 Å². The Morgan fingerprint density at radius 3 is 2.53 bits per heavy atom. The Labute approximate surface area is 102 Å². The summed E-state index contributed by atoms with van der Waals surface area (Å²) >= 11 is 0. The van der Waals surface area contributed by atoms with E-state index in [0.29, 0.717) is 6.42 Å². The van der Waals surface area contributed by atoms with E-state index in [4.69, 9.17) is 5.73 Å². The topological polar surface area (TPSA) is 46.2 Å². The van der Waals surface area contributed by atoms with Gasteiger partial charge >= 0.3 is 0 Å². The molecule has 0 heterocycles. The summed E-state index contributed by atoms with van der Waals surface area (Å²) in [7, 11) is 0. The van der Waals surface area contributed by atoms with Crippen LogP contribution in [0.15, 0.2) is 42.5 Å². The Kier molecular flexibility index (Phi) is 3.46. The first-order chi connectivity index (χ1) is 8.21. The molecule has 0 bridgehead atoms. The highest BCUT2D eigenvalue weighted by Crippen LogP contribution is 2.31. The molecular weight excluding hydrogens is 210 g/mol. The van der Waals surface area contributed by atoms with Crippen LogP contribution in [0.1, 0.15) is 25.3 Å². The van der Waals surface area contributed by atoms with Gasteiger partial charge in [-0.05, 0) is 22.8 Å². The minimum atomic E-state index is -0.907. The average molecular weight is 229 g/mol. The molecule has 2 rings (SSSR count). The third-order valence-corrected chi connectivity index (χ3v) is 3.29. The third kappa shape index (κ3) is 2.19. The van der Waals surface area contributed by atoms with Crippen LogP contribution in [0.2, 0.25) is 0 Å². The molecule has 0 spiro atoms. The maximum absolute atomic E-state index is 10.7. The molecule has 2 heteroatoms. The number of rotatable bonds is 4. The van der Waals surface area contributed by atoms with Crippen LogP contribution in [0, 0.1) is 0 Å². The summed E-state index contributed by atoms with van der Waals surface area (Å²) in [6.07, 6.45) is 1.61. The lowest BCUT2D eigenvalue weighted by Gasteiger charge is -2.28. The highest BCUT2D eigenvalue weighted by molar-refractivity contribution is 5.86. The molecule has 2 aromatic carbocycles. The second-order valence-electron chi connectivity index (χ2n) is 4.51. The van der Waals surface area contributed by atoms with Crippen molar-refractivity contribution in [1.82, 2.24) is 0 Å². The fourth-order valence-electron chi connectivity index (χ4n) is 2.39. The van der Waals surface area contributed by atoms with Gasteiger partial charge in [0.05, 0.1) is 0 Å². The number of benzene rings is 2. The Hall–Kier alpha value is -1.38. The van der Waals surface area contributed by atoms with E-state index >= 15 is 0 Å². The molecule has 0 aliphatic heterocycles. The first kappa shape index (κ1) is 12.1. The Morgan fingerprint density at radius 1 is 1.12 bits per heavy atom. The number of hydrogen-bond acceptors (Lipinski definition) is 2. The normalized spacial score (nSPS) is 14.8. The van der Waals surface area contributed by atoms with Gasteiger partial charge < -0.3 is 10.8 Å². The van der Waals surface area contributed by atoms with Crippen molar-refractivity contribution in [2.75, 3.05) is 6.54 Å². The molecule has 1 atom stereocenters. The van der Waals surface area contributed by atoms with Crippen molar-refractivity contribution < 1.29 is 5.11 Å². The van der Waals surface area contributed by atoms with E-state index in [-0.39, 0.29) is 6.54 Å². The maximum Gasteiger partial charge on any atom is 0.102 e. The molecule has 90 valence electrons. The van der Waals surface area contributed by atoms with Crippen molar-refractivity contribution in [3.05, 3.63) is 48.0 Å². The van der Waals surface area contributed by atoms with Gasteiger partial charge in [-0.25, -0.2) is 0 Å². The molecule has 0 fully saturated rings. The highest BCUT2D eigenvalue weighted by Gasteiger charge is 2.27. The van der Waals surface area contributed by atoms with Gasteiger partial charge in [-0.15, -0.1) is 0 Å². The molecule has 2 aromatic rings. The summed E-state index contributed by atoms with van der Waals surface area (Å²) < 4.78 is 0. The molecule has 17 heavy (non-hydrogen) atoms. The Morgan fingerprint density at radius 2 is 1.82 bits per heavy atom. The number of fused-ring (bicyclic) bond motifs is 1. The summed E-state index contributed by atoms with van der Waals surface area (Å²) in [5, 5.41) is 12.9. The summed E-state index contributed by atoms with van der Waals surface area (Å²) in [6.45, 7) is 2.32. The zero-order valence-electron chi connectivity index (χ0n) is 10.2. The second kappa shape index (κ2) is 4.86. The van der Waals surface area contributed by atoms with Crippen molar-refractivity contribution >= 4 is 10.8 Å². The summed E-state index contributed by atoms with van der Waals surface area (Å²) in [5.41, 5.74) is 5.80. The minimum Gasteiger partial charge on any atom is -0.384 e. The Bertz CT molecular complexity index is 504. The zero-order valence-corrected chi connectivity index (χ0v) is 10.2. The van der Waals surface area contributed by atoms with E-state index < -0.39 is 5.60 Å². The first-order valence-corrected chi connectivity index (χ1v) is 6.12. The molecule has 2 nitrogen and oxygen atoms in total. The average Bonchev–Trinajstić information content (AvgIpc) is 2.38. The number of hydrogen-bond donors (Lipinski definition) is 2. The van der Waals surface area contributed by atoms with Gasteiger partial charge in [0, 0.05) is 6.54 Å². The van der Waals surface area contributed by atoms with Gasteiger partial charge in [0.1, 0.15) is 5.60 Å². The van der Waals surface area contributed by atoms with Crippen LogP contribution in [0.5, 0.6) is 0 Å². The first-order valence-electron chi connectivity index (χ1n) is 6.12. The summed E-state index contributed by atoms with van der Waals surface area (Å²) in [4.78, 5) is 0. The van der Waals surface area contributed by atoms with E-state index in [0.717, 1.165) is 22.8 Å². The molecule has 0 saturated heterocycles. The van der Waals surface area contributed by atoms with Crippen molar-refractivity contribution in [1.29, 1.82) is 0 Å². The SMILES string of the molecule is CCCC(O)(CN)c1cccc2ccccc12. The largest absolute Gasteiger partial charge is 0.384 e. The van der Waals surface area contributed by atoms with Crippen LogP contribution >= 0.6 is 0 Å². The van der Waals surface area contributed by atoms with Gasteiger partial charge in [-0.3, -0.25) is 0 Å². The molecule has 0 saturated carbocycles. The molecule has 0 aliphatic rings. The van der Waals surface area contributed by atoms with Crippen LogP contribution < -0.4 is 5.73 Å². The van der Waals surface area contributed by atoms with Crippen LogP contribution in [-0.4, -0.2) is 11.7 Å². The summed E-state index contributed by atoms with van der Waals surface area (Å²) in [6, 6.07) is 14.1. The van der Waals surface area contributed by atoms with Crippen molar-refractivity contribution in [3.63, 3.8) is 0 Å². The third-order valence-electron chi connectivity index (χ3n) is 3.29. The monoisotopic (exact) mass is 229 g/mol. The molecule has 0 aromatic heterocycles. The lowest BCUT2D eigenvalue weighted by atomic mass is 9.86. The van der Waals surface area contributed by atoms with Crippen LogP contribution in [0.3, 0.4) is 0 Å². The quantitative estimate of drug-likeness (QED) is 0.846. The predicted octanol–water partition coefficient (Wildman–Crippen LogP) is 2.79. The van der Waals surface area contributed by atoms with E-state index in [1.807, 2.05) is 30.3 Å². The van der Waals surface area contributed by atoms with E-state index in [9.17, 15) is 5.11 Å². The minimum absolute atomic E-state index is 0.259. The Balaban J connectivity index is 2.61. The van der Waals surface area contributed by atoms with Gasteiger partial charge in [0.2, 0.25) is 0 Å². The predicted molar refractivity (Wildman–Crippen MR) is 71.8 cm³/mol. The van der Waals surface area contributed by atoms with Gasteiger partial charge in [-0.2, -0.15) is 0 Å². The summed E-state index contributed by atoms with van der Waals surface area (Å²) in [5.74, 6) is 0. The van der Waals surface area contributed by atoms with Gasteiger partial charge in [0.25, 0.3) is 0 Å². The number of nitrogens with two attached hydrogens (primary N) is 1. The number of aliphatic hydroxyl groups is 1. The van der Waals surface area contributed by atoms with E-state index in [1.165, 1.54) is 0 Å². The molecule has 1 unspecified atom stereocenters. The second-order valence-corrected chi connectivity index (χ2v) is 4.51. The van der Waals surface area contributed by atoms with E-state index in [2.05, 4.69) is 19.1 Å². The highest BCUT2D eigenvalue weighted by atomic mass is 16.3. The molecule has 0 amide bonds. The smallest absolute Gasteiger partial charge is 0.102 e. The lowest BCUT2D eigenvalue weighted by molar-refractivity contribution is 0.0374. The van der Waals surface area contributed by atoms with Crippen molar-refractivity contribution in [3.8, 4) is 0 Å². The molecule has 0 radical (unpaired) electrons. The molecule has 0 aliphatic carbocycles. The standard InChI is InChI=1S/C15H19NO/c1-2-10-15(17,11-16)14-9-5-7-12-6-3-4-8-13(12)14/h3-9,17H,2,10-11,16H2,1H3. The van der Waals surface area contributed by atoms with Crippen LogP contribution in [-0.2, 0) is 5.60 Å². The van der Waals surface area contributed by atoms with Gasteiger partial charge in [0.15, 0.2) is 0 Å². The van der Waals surface area contributed by atoms with Crippen LogP contribution in [0.4, 0.5) is 0 Å². The molecule has 3 N–H and O–H groups in total. The van der Waals surface area contributed by atoms with Gasteiger partial charge in [-0.1, -0.05) is 55.8 Å². The zero-order chi connectivity index (χ0) is 12.3. The maximum atomic E-state index is 10.7.